The molecule has 3 aromatic heterocycles. The molecule has 2 aromatic carbocycles. The summed E-state index contributed by atoms with van der Waals surface area (Å²) >= 11 is 0. The molecule has 0 unspecified atom stereocenters. The number of hydrogen-bond acceptors (Lipinski definition) is 2. The van der Waals surface area contributed by atoms with Crippen LogP contribution in [0.5, 0.6) is 0 Å². The van der Waals surface area contributed by atoms with Crippen LogP contribution in [0.25, 0.3) is 39.1 Å². The van der Waals surface area contributed by atoms with Crippen LogP contribution in [0, 0.1) is 13.8 Å². The lowest BCUT2D eigenvalue weighted by atomic mass is 9.96. The number of imidazole rings is 1. The highest BCUT2D eigenvalue weighted by atomic mass is 15.0. The second-order valence-electron chi connectivity index (χ2n) is 6.89. The average molecular weight is 349 g/mol. The molecule has 27 heavy (non-hydrogen) atoms. The van der Waals surface area contributed by atoms with E-state index in [-0.39, 0.29) is 0 Å². The number of benzene rings is 2. The first kappa shape index (κ1) is 15.8. The van der Waals surface area contributed by atoms with E-state index in [0.29, 0.717) is 0 Å². The molecule has 3 nitrogen and oxygen atoms in total. The third-order valence-electron chi connectivity index (χ3n) is 4.98. The minimum absolute atomic E-state index is 0.941. The largest absolute Gasteiger partial charge is 0.299 e. The molecule has 0 saturated carbocycles. The van der Waals surface area contributed by atoms with Crippen molar-refractivity contribution >= 4 is 16.7 Å². The van der Waals surface area contributed by atoms with Crippen molar-refractivity contribution in [1.29, 1.82) is 0 Å². The van der Waals surface area contributed by atoms with Gasteiger partial charge in [0, 0.05) is 17.3 Å². The summed E-state index contributed by atoms with van der Waals surface area (Å²) in [5, 5.41) is 0. The van der Waals surface area contributed by atoms with E-state index in [0.717, 1.165) is 44.8 Å². The third-order valence-corrected chi connectivity index (χ3v) is 4.98. The van der Waals surface area contributed by atoms with Gasteiger partial charge in [-0.2, -0.15) is 0 Å². The first-order chi connectivity index (χ1) is 13.2. The lowest BCUT2D eigenvalue weighted by molar-refractivity contribution is 1.21. The molecule has 0 spiro atoms. The molecular formula is C24H19N3. The lowest BCUT2D eigenvalue weighted by Crippen LogP contribution is -1.97. The zero-order valence-electron chi connectivity index (χ0n) is 15.3. The van der Waals surface area contributed by atoms with Crippen LogP contribution in [0.3, 0.4) is 0 Å². The molecule has 3 heterocycles. The van der Waals surface area contributed by atoms with E-state index in [9.17, 15) is 0 Å². The summed E-state index contributed by atoms with van der Waals surface area (Å²) in [5.41, 5.74) is 9.59. The molecule has 0 atom stereocenters. The van der Waals surface area contributed by atoms with Gasteiger partial charge in [0.15, 0.2) is 0 Å². The van der Waals surface area contributed by atoms with E-state index in [2.05, 4.69) is 66.1 Å². The number of pyridine rings is 2. The standard InChI is InChI=1S/C24H19N3/c1-16-9-8-12-19(15-16)21-23(18-10-4-3-5-11-18)25-17(2)22-24(21)27-14-7-6-13-20(27)26-22/h3-15H,1-2H3. The Kier molecular flexibility index (Phi) is 3.54. The fraction of sp³-hybridized carbons (Fsp3) is 0.0833. The van der Waals surface area contributed by atoms with Crippen LogP contribution in [-0.4, -0.2) is 14.4 Å². The Labute approximate surface area is 158 Å². The zero-order chi connectivity index (χ0) is 18.4. The van der Waals surface area contributed by atoms with Gasteiger partial charge in [0.25, 0.3) is 0 Å². The fourth-order valence-electron chi connectivity index (χ4n) is 3.75. The molecule has 0 aliphatic rings. The summed E-state index contributed by atoms with van der Waals surface area (Å²) in [6, 6.07) is 25.1. The summed E-state index contributed by atoms with van der Waals surface area (Å²) in [6.45, 7) is 4.17. The van der Waals surface area contributed by atoms with Crippen molar-refractivity contribution in [2.24, 2.45) is 0 Å². The molecule has 130 valence electrons. The van der Waals surface area contributed by atoms with Crippen molar-refractivity contribution in [3.05, 3.63) is 90.3 Å². The first-order valence-corrected chi connectivity index (χ1v) is 9.12. The highest BCUT2D eigenvalue weighted by Crippen LogP contribution is 2.38. The molecule has 0 amide bonds. The van der Waals surface area contributed by atoms with Crippen molar-refractivity contribution in [3.63, 3.8) is 0 Å². The summed E-state index contributed by atoms with van der Waals surface area (Å²) < 4.78 is 2.17. The van der Waals surface area contributed by atoms with Gasteiger partial charge in [-0.1, -0.05) is 66.2 Å². The molecule has 0 saturated heterocycles. The van der Waals surface area contributed by atoms with Crippen molar-refractivity contribution in [1.82, 2.24) is 14.4 Å². The van der Waals surface area contributed by atoms with Crippen molar-refractivity contribution in [2.45, 2.75) is 13.8 Å². The van der Waals surface area contributed by atoms with Crippen LogP contribution in [-0.2, 0) is 0 Å². The maximum atomic E-state index is 5.00. The Balaban J connectivity index is 2.00. The Morgan fingerprint density at radius 2 is 1.52 bits per heavy atom. The van der Waals surface area contributed by atoms with Gasteiger partial charge in [0.1, 0.15) is 11.2 Å². The topological polar surface area (TPSA) is 30.2 Å². The number of aromatic nitrogens is 3. The smallest absolute Gasteiger partial charge is 0.138 e. The molecular weight excluding hydrogens is 330 g/mol. The Bertz CT molecular complexity index is 1280. The number of aryl methyl sites for hydroxylation is 2. The molecule has 3 heteroatoms. The predicted octanol–water partition coefficient (Wildman–Crippen LogP) is 5.83. The Morgan fingerprint density at radius 3 is 2.33 bits per heavy atom. The summed E-state index contributed by atoms with van der Waals surface area (Å²) in [6.07, 6.45) is 2.08. The van der Waals surface area contributed by atoms with E-state index < -0.39 is 0 Å². The molecule has 5 aromatic rings. The third kappa shape index (κ3) is 2.51. The van der Waals surface area contributed by atoms with Gasteiger partial charge in [-0.25, -0.2) is 4.98 Å². The molecule has 5 rings (SSSR count). The van der Waals surface area contributed by atoms with E-state index in [1.54, 1.807) is 0 Å². The summed E-state index contributed by atoms with van der Waals surface area (Å²) in [5.74, 6) is 0. The van der Waals surface area contributed by atoms with Gasteiger partial charge >= 0.3 is 0 Å². The molecule has 0 radical (unpaired) electrons. The van der Waals surface area contributed by atoms with E-state index in [1.807, 2.05) is 31.2 Å². The quantitative estimate of drug-likeness (QED) is 0.401. The van der Waals surface area contributed by atoms with Crippen LogP contribution in [0.1, 0.15) is 11.3 Å². The maximum Gasteiger partial charge on any atom is 0.138 e. The molecule has 0 aliphatic carbocycles. The summed E-state index contributed by atoms with van der Waals surface area (Å²) in [4.78, 5) is 9.86. The van der Waals surface area contributed by atoms with E-state index >= 15 is 0 Å². The fourth-order valence-corrected chi connectivity index (χ4v) is 3.75. The van der Waals surface area contributed by atoms with Crippen LogP contribution in [0.2, 0.25) is 0 Å². The predicted molar refractivity (Wildman–Crippen MR) is 111 cm³/mol. The maximum absolute atomic E-state index is 5.00. The number of fused-ring (bicyclic) bond motifs is 3. The van der Waals surface area contributed by atoms with Crippen molar-refractivity contribution in [3.8, 4) is 22.4 Å². The zero-order valence-corrected chi connectivity index (χ0v) is 15.3. The number of rotatable bonds is 2. The summed E-state index contributed by atoms with van der Waals surface area (Å²) in [7, 11) is 0. The van der Waals surface area contributed by atoms with E-state index in [1.165, 1.54) is 5.56 Å². The van der Waals surface area contributed by atoms with Gasteiger partial charge < -0.3 is 0 Å². The van der Waals surface area contributed by atoms with Crippen LogP contribution < -0.4 is 0 Å². The van der Waals surface area contributed by atoms with Crippen LogP contribution in [0.15, 0.2) is 79.0 Å². The van der Waals surface area contributed by atoms with Gasteiger partial charge in [-0.15, -0.1) is 0 Å². The lowest BCUT2D eigenvalue weighted by Gasteiger charge is -2.13. The average Bonchev–Trinajstić information content (AvgIpc) is 3.09. The van der Waals surface area contributed by atoms with E-state index in [4.69, 9.17) is 9.97 Å². The number of hydrogen-bond donors (Lipinski definition) is 0. The second-order valence-corrected chi connectivity index (χ2v) is 6.89. The first-order valence-electron chi connectivity index (χ1n) is 9.12. The van der Waals surface area contributed by atoms with Gasteiger partial charge in [-0.05, 0) is 31.5 Å². The minimum atomic E-state index is 0.941. The highest BCUT2D eigenvalue weighted by Gasteiger charge is 2.19. The highest BCUT2D eigenvalue weighted by molar-refractivity contribution is 6.02. The van der Waals surface area contributed by atoms with Crippen molar-refractivity contribution in [2.75, 3.05) is 0 Å². The van der Waals surface area contributed by atoms with Crippen LogP contribution in [0.4, 0.5) is 0 Å². The number of nitrogens with zero attached hydrogens (tertiary/aromatic N) is 3. The van der Waals surface area contributed by atoms with Gasteiger partial charge in [0.05, 0.1) is 16.9 Å². The van der Waals surface area contributed by atoms with Gasteiger partial charge in [-0.3, -0.25) is 9.38 Å². The molecule has 0 aliphatic heterocycles. The minimum Gasteiger partial charge on any atom is -0.299 e. The Morgan fingerprint density at radius 1 is 0.741 bits per heavy atom. The SMILES string of the molecule is Cc1cccc(-c2c(-c3ccccc3)nc(C)c3nc4ccccn4c23)c1. The second kappa shape index (κ2) is 6.06. The van der Waals surface area contributed by atoms with Crippen molar-refractivity contribution < 1.29 is 0 Å². The molecule has 0 bridgehead atoms. The molecule has 0 fully saturated rings. The molecule has 0 N–H and O–H groups in total. The Hall–Kier alpha value is -3.46. The normalized spacial score (nSPS) is 11.3. The van der Waals surface area contributed by atoms with Gasteiger partial charge in [0.2, 0.25) is 0 Å². The monoisotopic (exact) mass is 349 g/mol. The van der Waals surface area contributed by atoms with Crippen LogP contribution >= 0.6 is 0 Å².